The lowest BCUT2D eigenvalue weighted by Gasteiger charge is -2.23. The molecule has 6 aromatic rings. The van der Waals surface area contributed by atoms with Crippen LogP contribution in [0.25, 0.3) is 55.2 Å². The van der Waals surface area contributed by atoms with Crippen molar-refractivity contribution in [3.05, 3.63) is 121 Å². The normalized spacial score (nSPS) is 12.3. The molecular formula is C35H30N2+2. The predicted molar refractivity (Wildman–Crippen MR) is 152 cm³/mol. The summed E-state index contributed by atoms with van der Waals surface area (Å²) >= 11 is 0. The summed E-state index contributed by atoms with van der Waals surface area (Å²) in [5.41, 5.74) is 8.86. The lowest BCUT2D eigenvalue weighted by atomic mass is 9.81. The van der Waals surface area contributed by atoms with E-state index in [1.54, 1.807) is 0 Å². The Bertz CT molecular complexity index is 1840. The molecule has 178 valence electrons. The molecule has 0 unspecified atom stereocenters. The molecule has 1 aliphatic heterocycles. The van der Waals surface area contributed by atoms with Gasteiger partial charge in [-0.2, -0.15) is 0 Å². The maximum Gasteiger partial charge on any atom is 0.285 e. The third kappa shape index (κ3) is 3.33. The minimum Gasteiger partial charge on any atom is -0.0646 e. The summed E-state index contributed by atoms with van der Waals surface area (Å²) in [5, 5.41) is 5.13. The van der Waals surface area contributed by atoms with Crippen LogP contribution in [0.2, 0.25) is 0 Å². The number of rotatable bonds is 2. The number of benzene rings is 4. The van der Waals surface area contributed by atoms with E-state index in [2.05, 4.69) is 146 Å². The average Bonchev–Trinajstić information content (AvgIpc) is 2.95. The van der Waals surface area contributed by atoms with Crippen molar-refractivity contribution in [2.45, 2.75) is 32.6 Å². The lowest BCUT2D eigenvalue weighted by Crippen LogP contribution is -2.68. The van der Waals surface area contributed by atoms with Crippen LogP contribution in [0.15, 0.2) is 116 Å². The number of hydrogen-bond donors (Lipinski definition) is 0. The standard InChI is InChI=1S/C35H30N2/c1-4-35(2,3)26-18-20-37-34(22-26)32-21-25-17-16-24-11-5-6-12-27(24)30(25)23-31(32)28-13-7-8-14-29(28)33-15-9-10-19-36(33)37/h5-23H,4H2,1-3H3/q+2. The lowest BCUT2D eigenvalue weighted by molar-refractivity contribution is -1.29. The molecule has 7 rings (SSSR count). The summed E-state index contributed by atoms with van der Waals surface area (Å²) in [5.74, 6) is 0. The second kappa shape index (κ2) is 8.11. The molecular weight excluding hydrogens is 448 g/mol. The monoisotopic (exact) mass is 478 g/mol. The Hall–Kier alpha value is -4.30. The summed E-state index contributed by atoms with van der Waals surface area (Å²) < 4.78 is 4.59. The molecule has 0 saturated carbocycles. The van der Waals surface area contributed by atoms with Crippen LogP contribution in [0.1, 0.15) is 32.8 Å². The summed E-state index contributed by atoms with van der Waals surface area (Å²) in [6, 6.07) is 38.1. The first kappa shape index (κ1) is 21.9. The molecule has 0 fully saturated rings. The van der Waals surface area contributed by atoms with Gasteiger partial charge in [0.05, 0.1) is 20.5 Å². The quantitative estimate of drug-likeness (QED) is 0.176. The van der Waals surface area contributed by atoms with Crippen LogP contribution in [0.3, 0.4) is 0 Å². The molecule has 0 saturated heterocycles. The van der Waals surface area contributed by atoms with E-state index in [0.29, 0.717) is 0 Å². The third-order valence-electron chi connectivity index (χ3n) is 8.32. The van der Waals surface area contributed by atoms with E-state index in [-0.39, 0.29) is 5.41 Å². The average molecular weight is 479 g/mol. The van der Waals surface area contributed by atoms with E-state index in [0.717, 1.165) is 6.42 Å². The second-order valence-electron chi connectivity index (χ2n) is 10.8. The minimum absolute atomic E-state index is 0.0905. The van der Waals surface area contributed by atoms with Crippen molar-refractivity contribution in [1.29, 1.82) is 0 Å². The van der Waals surface area contributed by atoms with Crippen molar-refractivity contribution in [3.8, 4) is 33.6 Å². The van der Waals surface area contributed by atoms with Crippen LogP contribution in [0.4, 0.5) is 0 Å². The molecule has 2 nitrogen and oxygen atoms in total. The largest absolute Gasteiger partial charge is 0.285 e. The Kier molecular flexibility index (Phi) is 4.81. The molecule has 0 bridgehead atoms. The Labute approximate surface area is 218 Å². The van der Waals surface area contributed by atoms with Gasteiger partial charge in [-0.1, -0.05) is 75.4 Å². The van der Waals surface area contributed by atoms with Crippen molar-refractivity contribution in [2.24, 2.45) is 0 Å². The summed E-state index contributed by atoms with van der Waals surface area (Å²) in [4.78, 5) is 0. The van der Waals surface area contributed by atoms with Crippen molar-refractivity contribution in [2.75, 3.05) is 0 Å². The van der Waals surface area contributed by atoms with E-state index in [9.17, 15) is 0 Å². The number of pyridine rings is 2. The molecule has 3 heterocycles. The van der Waals surface area contributed by atoms with E-state index < -0.39 is 0 Å². The highest BCUT2D eigenvalue weighted by Crippen LogP contribution is 2.42. The summed E-state index contributed by atoms with van der Waals surface area (Å²) in [7, 11) is 0. The van der Waals surface area contributed by atoms with Gasteiger partial charge < -0.3 is 0 Å². The maximum atomic E-state index is 2.42. The summed E-state index contributed by atoms with van der Waals surface area (Å²) in [6.07, 6.45) is 5.49. The van der Waals surface area contributed by atoms with Crippen LogP contribution in [0.5, 0.6) is 0 Å². The van der Waals surface area contributed by atoms with Crippen LogP contribution in [-0.2, 0) is 5.41 Å². The van der Waals surface area contributed by atoms with E-state index >= 15 is 0 Å². The van der Waals surface area contributed by atoms with Crippen molar-refractivity contribution in [1.82, 2.24) is 0 Å². The Morgan fingerprint density at radius 2 is 1.27 bits per heavy atom. The molecule has 37 heavy (non-hydrogen) atoms. The molecule has 2 heteroatoms. The Balaban J connectivity index is 1.67. The second-order valence-corrected chi connectivity index (χ2v) is 10.8. The van der Waals surface area contributed by atoms with Crippen molar-refractivity contribution in [3.63, 3.8) is 0 Å². The van der Waals surface area contributed by atoms with Gasteiger partial charge in [-0.3, -0.25) is 0 Å². The van der Waals surface area contributed by atoms with Crippen molar-refractivity contribution >= 4 is 21.5 Å². The number of aromatic nitrogens is 2. The van der Waals surface area contributed by atoms with E-state index in [4.69, 9.17) is 0 Å². The molecule has 0 aliphatic carbocycles. The molecule has 4 aromatic carbocycles. The van der Waals surface area contributed by atoms with Gasteiger partial charge in [-0.15, -0.1) is 0 Å². The number of hydrogen-bond acceptors (Lipinski definition) is 0. The van der Waals surface area contributed by atoms with Crippen LogP contribution in [0, 0.1) is 0 Å². The Morgan fingerprint density at radius 3 is 2.14 bits per heavy atom. The van der Waals surface area contributed by atoms with E-state index in [1.165, 1.54) is 60.8 Å². The zero-order valence-corrected chi connectivity index (χ0v) is 21.6. The first-order valence-corrected chi connectivity index (χ1v) is 13.2. The molecule has 0 N–H and O–H groups in total. The van der Waals surface area contributed by atoms with Crippen molar-refractivity contribution < 1.29 is 9.35 Å². The third-order valence-corrected chi connectivity index (χ3v) is 8.32. The van der Waals surface area contributed by atoms with Crippen LogP contribution in [-0.4, -0.2) is 0 Å². The van der Waals surface area contributed by atoms with Gasteiger partial charge in [0.25, 0.3) is 11.4 Å². The molecule has 0 radical (unpaired) electrons. The zero-order chi connectivity index (χ0) is 25.1. The van der Waals surface area contributed by atoms with Gasteiger partial charge in [0.2, 0.25) is 12.4 Å². The molecule has 0 atom stereocenters. The van der Waals surface area contributed by atoms with Gasteiger partial charge in [0.1, 0.15) is 0 Å². The topological polar surface area (TPSA) is 7.76 Å². The molecule has 2 aromatic heterocycles. The highest BCUT2D eigenvalue weighted by molar-refractivity contribution is 6.11. The van der Waals surface area contributed by atoms with Gasteiger partial charge in [-0.25, -0.2) is 0 Å². The highest BCUT2D eigenvalue weighted by Gasteiger charge is 2.34. The predicted octanol–water partition coefficient (Wildman–Crippen LogP) is 7.88. The SMILES string of the molecule is CCC(C)(C)c1cc[n+]2c(c1)-c1cc3ccc4ccccc4c3cc1-c1ccccc1-c1cccc[n+]1-2. The Morgan fingerprint density at radius 1 is 0.541 bits per heavy atom. The fourth-order valence-corrected chi connectivity index (χ4v) is 5.77. The molecule has 0 spiro atoms. The van der Waals surface area contributed by atoms with E-state index in [1.807, 2.05) is 0 Å². The van der Waals surface area contributed by atoms with Gasteiger partial charge in [-0.05, 0) is 74.3 Å². The van der Waals surface area contributed by atoms with Crippen LogP contribution < -0.4 is 9.35 Å². The highest BCUT2D eigenvalue weighted by atomic mass is 15.4. The first-order valence-electron chi connectivity index (χ1n) is 13.2. The van der Waals surface area contributed by atoms with Gasteiger partial charge >= 0.3 is 0 Å². The fourth-order valence-electron chi connectivity index (χ4n) is 5.77. The number of nitrogens with zero attached hydrogens (tertiary/aromatic N) is 2. The zero-order valence-electron chi connectivity index (χ0n) is 21.6. The number of fused-ring (bicyclic) bond motifs is 11. The van der Waals surface area contributed by atoms with Gasteiger partial charge in [0, 0.05) is 24.3 Å². The fraction of sp³-hybridized carbons (Fsp3) is 0.143. The first-order chi connectivity index (χ1) is 18.0. The van der Waals surface area contributed by atoms with Crippen LogP contribution >= 0.6 is 0 Å². The molecule has 0 amide bonds. The minimum atomic E-state index is 0.0905. The van der Waals surface area contributed by atoms with Gasteiger partial charge in [0.15, 0.2) is 0 Å². The summed E-state index contributed by atoms with van der Waals surface area (Å²) in [6.45, 7) is 6.95. The maximum absolute atomic E-state index is 2.42. The molecule has 1 aliphatic rings. The smallest absolute Gasteiger partial charge is 0.0646 e.